The van der Waals surface area contributed by atoms with E-state index in [0.717, 1.165) is 12.8 Å². The molecule has 45 heavy (non-hydrogen) atoms. The van der Waals surface area contributed by atoms with Crippen LogP contribution in [-0.4, -0.2) is 53.1 Å². The molecule has 0 unspecified atom stereocenters. The third-order valence-electron chi connectivity index (χ3n) is 9.43. The molecule has 2 amide bonds. The van der Waals surface area contributed by atoms with E-state index in [2.05, 4.69) is 50.2 Å². The fourth-order valence-electron chi connectivity index (χ4n) is 7.38. The van der Waals surface area contributed by atoms with E-state index in [0.29, 0.717) is 47.9 Å². The summed E-state index contributed by atoms with van der Waals surface area (Å²) in [6.45, 7) is 5.34. The van der Waals surface area contributed by atoms with Crippen molar-refractivity contribution in [3.05, 3.63) is 119 Å². The Kier molecular flexibility index (Phi) is 5.70. The van der Waals surface area contributed by atoms with E-state index in [-0.39, 0.29) is 35.7 Å². The summed E-state index contributed by atoms with van der Waals surface area (Å²) >= 11 is 0. The normalized spacial score (nSPS) is 25.5. The molecule has 9 heteroatoms. The maximum atomic E-state index is 14.1. The van der Waals surface area contributed by atoms with Gasteiger partial charge in [0.15, 0.2) is 0 Å². The molecule has 2 aliphatic carbocycles. The van der Waals surface area contributed by atoms with Gasteiger partial charge in [0.2, 0.25) is 11.8 Å². The molecule has 0 bridgehead atoms. The van der Waals surface area contributed by atoms with Crippen LogP contribution < -0.4 is 9.80 Å². The van der Waals surface area contributed by atoms with Crippen molar-refractivity contribution in [2.24, 2.45) is 15.4 Å². The van der Waals surface area contributed by atoms with Gasteiger partial charge in [-0.3, -0.25) is 9.80 Å². The summed E-state index contributed by atoms with van der Waals surface area (Å²) in [6.07, 6.45) is 1.63. The third kappa shape index (κ3) is 4.32. The first-order valence-electron chi connectivity index (χ1n) is 15.6. The Balaban J connectivity index is 0.995. The van der Waals surface area contributed by atoms with Crippen LogP contribution in [0.15, 0.2) is 94.9 Å². The summed E-state index contributed by atoms with van der Waals surface area (Å²) in [5.41, 5.74) is 6.04. The zero-order chi connectivity index (χ0) is 30.3. The lowest BCUT2D eigenvalue weighted by atomic mass is 9.90. The van der Waals surface area contributed by atoms with Gasteiger partial charge < -0.3 is 9.47 Å². The largest absolute Gasteiger partial charge is 0.470 e. The van der Waals surface area contributed by atoms with Crippen molar-refractivity contribution in [1.29, 1.82) is 0 Å². The van der Waals surface area contributed by atoms with E-state index in [1.165, 1.54) is 22.3 Å². The van der Waals surface area contributed by atoms with Crippen molar-refractivity contribution in [2.75, 3.05) is 22.9 Å². The van der Waals surface area contributed by atoms with E-state index >= 15 is 0 Å². The molecule has 5 heterocycles. The highest BCUT2D eigenvalue weighted by atomic mass is 16.5. The van der Waals surface area contributed by atoms with Gasteiger partial charge in [-0.15, -0.1) is 0 Å². The highest BCUT2D eigenvalue weighted by Crippen LogP contribution is 2.42. The van der Waals surface area contributed by atoms with Crippen LogP contribution in [-0.2, 0) is 22.3 Å². The second kappa shape index (κ2) is 9.72. The molecule has 0 spiro atoms. The van der Waals surface area contributed by atoms with Crippen molar-refractivity contribution in [2.45, 2.75) is 51.0 Å². The van der Waals surface area contributed by atoms with Gasteiger partial charge in [0.25, 0.3) is 0 Å². The highest BCUT2D eigenvalue weighted by molar-refractivity contribution is 6.04. The van der Waals surface area contributed by atoms with Gasteiger partial charge in [-0.05, 0) is 46.5 Å². The van der Waals surface area contributed by atoms with Gasteiger partial charge in [-0.25, -0.2) is 24.7 Å². The molecule has 3 aliphatic heterocycles. The number of carbonyl (C=O) groups is 1. The smallest absolute Gasteiger partial charge is 0.331 e. The predicted octanol–water partition coefficient (Wildman–Crippen LogP) is 5.84. The van der Waals surface area contributed by atoms with Crippen LogP contribution in [0.2, 0.25) is 0 Å². The summed E-state index contributed by atoms with van der Waals surface area (Å²) in [5, 5.41) is 0. The van der Waals surface area contributed by atoms with E-state index in [1.807, 2.05) is 48.5 Å². The number of anilines is 2. The average Bonchev–Trinajstić information content (AvgIpc) is 3.81. The number of hydrogen-bond acceptors (Lipinski definition) is 7. The van der Waals surface area contributed by atoms with Gasteiger partial charge >= 0.3 is 6.03 Å². The van der Waals surface area contributed by atoms with Crippen molar-refractivity contribution in [1.82, 2.24) is 9.97 Å². The number of carbonyl (C=O) groups excluding carboxylic acids is 1. The molecule has 0 saturated carbocycles. The van der Waals surface area contributed by atoms with E-state index in [4.69, 9.17) is 29.4 Å². The van der Waals surface area contributed by atoms with Crippen LogP contribution in [0, 0.1) is 5.41 Å². The average molecular weight is 597 g/mol. The summed E-state index contributed by atoms with van der Waals surface area (Å²) in [6, 6.07) is 27.9. The molecule has 4 aromatic rings. The molecular formula is C36H32N6O3. The van der Waals surface area contributed by atoms with Crippen LogP contribution in [0.25, 0.3) is 0 Å². The molecule has 9 rings (SSSR count). The lowest BCUT2D eigenvalue weighted by molar-refractivity contribution is 0.206. The third-order valence-corrected chi connectivity index (χ3v) is 9.43. The zero-order valence-electron chi connectivity index (χ0n) is 25.1. The van der Waals surface area contributed by atoms with Gasteiger partial charge in [-0.2, -0.15) is 0 Å². The Morgan fingerprint density at radius 1 is 0.644 bits per heavy atom. The number of aliphatic imine (C=N–C) groups is 2. The molecule has 9 nitrogen and oxygen atoms in total. The van der Waals surface area contributed by atoms with Crippen LogP contribution in [0.4, 0.5) is 16.4 Å². The standard InChI is InChI=1S/C36H32N6O3/c1-36(2)19-41(29-15-7-13-25(37-29)33-39-31-23-11-5-3-9-21(23)17-27(31)44-33)35(43)42(20-36)30-16-8-14-26(38-30)34-40-32-24-12-6-4-10-22(24)18-28(32)45-34/h3-16,27-28,31-32H,17-20H2,1-2H3/t27-,28-,31+,32+/m1/s1. The topological polar surface area (TPSA) is 92.5 Å². The summed E-state index contributed by atoms with van der Waals surface area (Å²) in [4.78, 5) is 37.2. The number of hydrogen-bond donors (Lipinski definition) is 0. The lowest BCUT2D eigenvalue weighted by Crippen LogP contribution is -2.57. The predicted molar refractivity (Wildman–Crippen MR) is 171 cm³/mol. The molecule has 1 saturated heterocycles. The second-order valence-corrected chi connectivity index (χ2v) is 13.3. The molecule has 4 atom stereocenters. The number of nitrogens with zero attached hydrogens (tertiary/aromatic N) is 6. The molecule has 0 N–H and O–H groups in total. The molecular weight excluding hydrogens is 564 g/mol. The first kappa shape index (κ1) is 26.4. The maximum absolute atomic E-state index is 14.1. The minimum absolute atomic E-state index is 0.0185. The Labute approximate surface area is 261 Å². The SMILES string of the molecule is CC1(C)CN(c2cccc(C3=N[C@H]4c5ccccc5C[C@H]4O3)n2)C(=O)N(c2cccc(C3=N[C@H]4c5ccccc5C[C@H]4O3)n2)C1. The van der Waals surface area contributed by atoms with Crippen LogP contribution in [0.5, 0.6) is 0 Å². The Morgan fingerprint density at radius 2 is 1.11 bits per heavy atom. The number of urea groups is 1. The fourth-order valence-corrected chi connectivity index (χ4v) is 7.38. The van der Waals surface area contributed by atoms with Crippen molar-refractivity contribution in [3.8, 4) is 0 Å². The molecule has 2 aromatic heterocycles. The van der Waals surface area contributed by atoms with Gasteiger partial charge in [0, 0.05) is 31.3 Å². The minimum Gasteiger partial charge on any atom is -0.470 e. The number of rotatable bonds is 4. The number of ether oxygens (including phenoxy) is 2. The molecule has 224 valence electrons. The number of aromatic nitrogens is 2. The number of amides is 2. The fraction of sp³-hybridized carbons (Fsp3) is 0.306. The molecule has 1 fully saturated rings. The molecule has 0 radical (unpaired) electrons. The number of benzene rings is 2. The first-order chi connectivity index (χ1) is 21.9. The molecule has 2 aromatic carbocycles. The quantitative estimate of drug-likeness (QED) is 0.295. The van der Waals surface area contributed by atoms with Gasteiger partial charge in [-0.1, -0.05) is 74.5 Å². The van der Waals surface area contributed by atoms with Crippen LogP contribution in [0.3, 0.4) is 0 Å². The summed E-state index contributed by atoms with van der Waals surface area (Å²) < 4.78 is 12.6. The molecule has 5 aliphatic rings. The second-order valence-electron chi connectivity index (χ2n) is 13.3. The van der Waals surface area contributed by atoms with E-state index in [1.54, 1.807) is 9.80 Å². The Morgan fingerprint density at radius 3 is 1.60 bits per heavy atom. The Bertz CT molecular complexity index is 1800. The van der Waals surface area contributed by atoms with E-state index < -0.39 is 0 Å². The van der Waals surface area contributed by atoms with Crippen LogP contribution in [0.1, 0.15) is 59.6 Å². The maximum Gasteiger partial charge on any atom is 0.331 e. The Hall–Kier alpha value is -5.05. The van der Waals surface area contributed by atoms with Gasteiger partial charge in [0.05, 0.1) is 0 Å². The lowest BCUT2D eigenvalue weighted by Gasteiger charge is -2.43. The highest BCUT2D eigenvalue weighted by Gasteiger charge is 2.43. The first-order valence-corrected chi connectivity index (χ1v) is 15.6. The monoisotopic (exact) mass is 596 g/mol. The van der Waals surface area contributed by atoms with Crippen molar-refractivity contribution in [3.63, 3.8) is 0 Å². The van der Waals surface area contributed by atoms with E-state index in [9.17, 15) is 4.79 Å². The van der Waals surface area contributed by atoms with Crippen LogP contribution >= 0.6 is 0 Å². The van der Waals surface area contributed by atoms with Crippen molar-refractivity contribution >= 4 is 29.5 Å². The zero-order valence-corrected chi connectivity index (χ0v) is 25.1. The summed E-state index contributed by atoms with van der Waals surface area (Å²) in [7, 11) is 0. The summed E-state index contributed by atoms with van der Waals surface area (Å²) in [5.74, 6) is 2.18. The van der Waals surface area contributed by atoms with Gasteiger partial charge in [0.1, 0.15) is 47.3 Å². The number of pyridine rings is 2. The number of fused-ring (bicyclic) bond motifs is 6. The minimum atomic E-state index is -0.229. The van der Waals surface area contributed by atoms with Crippen molar-refractivity contribution < 1.29 is 14.3 Å².